The van der Waals surface area contributed by atoms with E-state index >= 15 is 0 Å². The molecule has 0 atom stereocenters. The molecule has 3 aromatic rings. The standard InChI is InChI=1S/C21H23N5OS/c1-17-23-19(16-28-17)15-24-9-11-25(12-10-24)21(27)8-7-18-13-22-26(14-18)20-5-3-2-4-6-20/h2-8,13-14,16H,9-12,15H2,1H3/b8-7+. The van der Waals surface area contributed by atoms with Gasteiger partial charge in [-0.05, 0) is 25.1 Å². The van der Waals surface area contributed by atoms with Crippen molar-refractivity contribution in [2.75, 3.05) is 26.2 Å². The summed E-state index contributed by atoms with van der Waals surface area (Å²) in [6.07, 6.45) is 7.17. The molecule has 28 heavy (non-hydrogen) atoms. The zero-order valence-corrected chi connectivity index (χ0v) is 16.7. The van der Waals surface area contributed by atoms with E-state index < -0.39 is 0 Å². The first-order valence-corrected chi connectivity index (χ1v) is 10.3. The SMILES string of the molecule is Cc1nc(CN2CCN(C(=O)/C=C/c3cnn(-c4ccccc4)c3)CC2)cs1. The van der Waals surface area contributed by atoms with Crippen molar-refractivity contribution in [2.45, 2.75) is 13.5 Å². The third-order valence-electron chi connectivity index (χ3n) is 4.78. The van der Waals surface area contributed by atoms with E-state index in [4.69, 9.17) is 0 Å². The third-order valence-corrected chi connectivity index (χ3v) is 5.60. The Morgan fingerprint density at radius 3 is 2.68 bits per heavy atom. The van der Waals surface area contributed by atoms with Crippen LogP contribution >= 0.6 is 11.3 Å². The maximum atomic E-state index is 12.5. The summed E-state index contributed by atoms with van der Waals surface area (Å²) in [5.41, 5.74) is 3.03. The van der Waals surface area contributed by atoms with Gasteiger partial charge < -0.3 is 4.90 Å². The average Bonchev–Trinajstić information content (AvgIpc) is 3.36. The number of hydrogen-bond acceptors (Lipinski definition) is 5. The van der Waals surface area contributed by atoms with Crippen molar-refractivity contribution in [3.8, 4) is 5.69 Å². The summed E-state index contributed by atoms with van der Waals surface area (Å²) in [7, 11) is 0. The van der Waals surface area contributed by atoms with Crippen molar-refractivity contribution in [3.05, 3.63) is 70.4 Å². The summed E-state index contributed by atoms with van der Waals surface area (Å²) in [6, 6.07) is 9.93. The number of piperazine rings is 1. The molecule has 0 saturated carbocycles. The van der Waals surface area contributed by atoms with Crippen LogP contribution in [0.25, 0.3) is 11.8 Å². The monoisotopic (exact) mass is 393 g/mol. The van der Waals surface area contributed by atoms with Crippen molar-refractivity contribution in [1.29, 1.82) is 0 Å². The largest absolute Gasteiger partial charge is 0.337 e. The normalized spacial score (nSPS) is 15.4. The molecular weight excluding hydrogens is 370 g/mol. The van der Waals surface area contributed by atoms with Crippen LogP contribution < -0.4 is 0 Å². The average molecular weight is 394 g/mol. The maximum absolute atomic E-state index is 12.5. The number of thiazole rings is 1. The molecule has 7 heteroatoms. The van der Waals surface area contributed by atoms with E-state index in [9.17, 15) is 4.79 Å². The van der Waals surface area contributed by atoms with Gasteiger partial charge in [-0.1, -0.05) is 18.2 Å². The van der Waals surface area contributed by atoms with Gasteiger partial charge in [0.25, 0.3) is 0 Å². The second kappa shape index (κ2) is 8.50. The highest BCUT2D eigenvalue weighted by Gasteiger charge is 2.20. The highest BCUT2D eigenvalue weighted by atomic mass is 32.1. The van der Waals surface area contributed by atoms with Gasteiger partial charge in [-0.25, -0.2) is 9.67 Å². The predicted molar refractivity (Wildman–Crippen MR) is 111 cm³/mol. The Bertz CT molecular complexity index is 954. The molecule has 0 N–H and O–H groups in total. The zero-order valence-electron chi connectivity index (χ0n) is 15.9. The van der Waals surface area contributed by atoms with Crippen LogP contribution in [0.1, 0.15) is 16.3 Å². The molecule has 3 heterocycles. The second-order valence-electron chi connectivity index (χ2n) is 6.85. The first-order valence-electron chi connectivity index (χ1n) is 9.38. The minimum atomic E-state index is 0.0524. The van der Waals surface area contributed by atoms with E-state index in [2.05, 4.69) is 20.4 Å². The summed E-state index contributed by atoms with van der Waals surface area (Å²) in [5.74, 6) is 0.0524. The first kappa shape index (κ1) is 18.6. The fourth-order valence-corrected chi connectivity index (χ4v) is 3.86. The molecule has 144 valence electrons. The van der Waals surface area contributed by atoms with Crippen molar-refractivity contribution < 1.29 is 4.79 Å². The van der Waals surface area contributed by atoms with E-state index in [0.29, 0.717) is 0 Å². The smallest absolute Gasteiger partial charge is 0.246 e. The molecule has 1 fully saturated rings. The summed E-state index contributed by atoms with van der Waals surface area (Å²) in [6.45, 7) is 6.14. The summed E-state index contributed by atoms with van der Waals surface area (Å²) < 4.78 is 1.81. The molecular formula is C21H23N5OS. The van der Waals surface area contributed by atoms with Gasteiger partial charge in [0.2, 0.25) is 5.91 Å². The van der Waals surface area contributed by atoms with Crippen LogP contribution in [-0.2, 0) is 11.3 Å². The molecule has 0 radical (unpaired) electrons. The molecule has 0 unspecified atom stereocenters. The maximum Gasteiger partial charge on any atom is 0.246 e. The molecule has 1 amide bonds. The quantitative estimate of drug-likeness (QED) is 0.626. The number of benzene rings is 1. The van der Waals surface area contributed by atoms with Gasteiger partial charge in [0.15, 0.2) is 0 Å². The van der Waals surface area contributed by atoms with E-state index in [1.165, 1.54) is 0 Å². The first-order chi connectivity index (χ1) is 13.7. The van der Waals surface area contributed by atoms with Crippen molar-refractivity contribution >= 4 is 23.3 Å². The van der Waals surface area contributed by atoms with Crippen LogP contribution in [0, 0.1) is 6.92 Å². The number of amides is 1. The Balaban J connectivity index is 1.29. The Kier molecular flexibility index (Phi) is 5.64. The third kappa shape index (κ3) is 4.55. The lowest BCUT2D eigenvalue weighted by molar-refractivity contribution is -0.127. The number of nitrogens with zero attached hydrogens (tertiary/aromatic N) is 5. The predicted octanol–water partition coefficient (Wildman–Crippen LogP) is 2.99. The van der Waals surface area contributed by atoms with Crippen molar-refractivity contribution in [2.24, 2.45) is 0 Å². The number of aromatic nitrogens is 3. The Labute approximate surface area is 168 Å². The molecule has 1 aromatic carbocycles. The topological polar surface area (TPSA) is 54.3 Å². The van der Waals surface area contributed by atoms with Gasteiger partial charge in [-0.2, -0.15) is 5.10 Å². The van der Waals surface area contributed by atoms with Crippen LogP contribution in [0.4, 0.5) is 0 Å². The zero-order chi connectivity index (χ0) is 19.3. The number of aryl methyl sites for hydroxylation is 1. The highest BCUT2D eigenvalue weighted by Crippen LogP contribution is 2.13. The number of carbonyl (C=O) groups is 1. The second-order valence-corrected chi connectivity index (χ2v) is 7.91. The minimum Gasteiger partial charge on any atom is -0.337 e. The van der Waals surface area contributed by atoms with Crippen LogP contribution in [0.3, 0.4) is 0 Å². The van der Waals surface area contributed by atoms with Gasteiger partial charge in [-0.3, -0.25) is 9.69 Å². The van der Waals surface area contributed by atoms with Crippen LogP contribution in [0.2, 0.25) is 0 Å². The fraction of sp³-hybridized carbons (Fsp3) is 0.286. The van der Waals surface area contributed by atoms with Crippen LogP contribution in [-0.4, -0.2) is 56.7 Å². The number of hydrogen-bond donors (Lipinski definition) is 0. The lowest BCUT2D eigenvalue weighted by Gasteiger charge is -2.33. The van der Waals surface area contributed by atoms with Crippen molar-refractivity contribution in [1.82, 2.24) is 24.6 Å². The molecule has 6 nitrogen and oxygen atoms in total. The summed E-state index contributed by atoms with van der Waals surface area (Å²) in [4.78, 5) is 21.3. The van der Waals surface area contributed by atoms with Gasteiger partial charge in [0, 0.05) is 55.9 Å². The minimum absolute atomic E-state index is 0.0524. The number of rotatable bonds is 5. The highest BCUT2D eigenvalue weighted by molar-refractivity contribution is 7.09. The molecule has 1 aliphatic heterocycles. The molecule has 0 aliphatic carbocycles. The molecule has 0 spiro atoms. The molecule has 1 saturated heterocycles. The summed E-state index contributed by atoms with van der Waals surface area (Å²) in [5, 5.41) is 7.57. The van der Waals surface area contributed by atoms with E-state index in [0.717, 1.165) is 54.7 Å². The summed E-state index contributed by atoms with van der Waals surface area (Å²) >= 11 is 1.68. The number of para-hydroxylation sites is 1. The Morgan fingerprint density at radius 2 is 1.96 bits per heavy atom. The van der Waals surface area contributed by atoms with E-state index in [1.54, 1.807) is 23.6 Å². The van der Waals surface area contributed by atoms with E-state index in [1.807, 2.05) is 59.1 Å². The fourth-order valence-electron chi connectivity index (χ4n) is 3.25. The van der Waals surface area contributed by atoms with Crippen LogP contribution in [0.5, 0.6) is 0 Å². The Morgan fingerprint density at radius 1 is 1.18 bits per heavy atom. The Hall–Kier alpha value is -2.77. The van der Waals surface area contributed by atoms with Crippen LogP contribution in [0.15, 0.2) is 54.2 Å². The lowest BCUT2D eigenvalue weighted by atomic mass is 10.2. The molecule has 4 rings (SSSR count). The molecule has 0 bridgehead atoms. The molecule has 1 aliphatic rings. The number of carbonyl (C=O) groups excluding carboxylic acids is 1. The lowest BCUT2D eigenvalue weighted by Crippen LogP contribution is -2.47. The van der Waals surface area contributed by atoms with Crippen molar-refractivity contribution in [3.63, 3.8) is 0 Å². The molecule has 2 aromatic heterocycles. The van der Waals surface area contributed by atoms with Gasteiger partial charge >= 0.3 is 0 Å². The van der Waals surface area contributed by atoms with Gasteiger partial charge in [0.05, 0.1) is 22.6 Å². The van der Waals surface area contributed by atoms with E-state index in [-0.39, 0.29) is 5.91 Å². The van der Waals surface area contributed by atoms with Gasteiger partial charge in [0.1, 0.15) is 0 Å². The van der Waals surface area contributed by atoms with Gasteiger partial charge in [-0.15, -0.1) is 11.3 Å².